The van der Waals surface area contributed by atoms with E-state index in [1.165, 1.54) is 19.4 Å². The van der Waals surface area contributed by atoms with Crippen LogP contribution in [0.2, 0.25) is 0 Å². The quantitative estimate of drug-likeness (QED) is 0.856. The fraction of sp³-hybridized carbons (Fsp3) is 0.769. The molecule has 0 aromatic carbocycles. The van der Waals surface area contributed by atoms with Crippen LogP contribution in [0, 0.1) is 6.92 Å². The van der Waals surface area contributed by atoms with E-state index in [9.17, 15) is 0 Å². The van der Waals surface area contributed by atoms with Gasteiger partial charge in [0.15, 0.2) is 0 Å². The van der Waals surface area contributed by atoms with Crippen LogP contribution < -0.4 is 5.73 Å². The molecule has 1 aliphatic rings. The zero-order chi connectivity index (χ0) is 12.4. The minimum atomic E-state index is 0.479. The number of hydrogen-bond donors (Lipinski definition) is 1. The number of nitrogens with zero attached hydrogens (tertiary/aromatic N) is 3. The van der Waals surface area contributed by atoms with E-state index < -0.39 is 0 Å². The van der Waals surface area contributed by atoms with Gasteiger partial charge < -0.3 is 10.6 Å². The molecule has 4 heteroatoms. The summed E-state index contributed by atoms with van der Waals surface area (Å²) in [5.74, 6) is 0.811. The number of anilines is 1. The molecule has 0 amide bonds. The molecule has 1 aliphatic heterocycles. The summed E-state index contributed by atoms with van der Waals surface area (Å²) in [6, 6.07) is 3.09. The van der Waals surface area contributed by atoms with E-state index >= 15 is 0 Å². The Morgan fingerprint density at radius 3 is 2.71 bits per heavy atom. The molecule has 96 valence electrons. The molecule has 1 aromatic heterocycles. The van der Waals surface area contributed by atoms with E-state index in [4.69, 9.17) is 5.73 Å². The number of aromatic nitrogens is 2. The normalized spacial score (nSPS) is 22.9. The van der Waals surface area contributed by atoms with Crippen molar-refractivity contribution in [3.63, 3.8) is 0 Å². The van der Waals surface area contributed by atoms with Crippen molar-refractivity contribution in [1.29, 1.82) is 0 Å². The van der Waals surface area contributed by atoms with Gasteiger partial charge in [0.25, 0.3) is 0 Å². The molecular weight excluding hydrogens is 212 g/mol. The van der Waals surface area contributed by atoms with E-state index in [2.05, 4.69) is 23.8 Å². The number of hydrogen-bond acceptors (Lipinski definition) is 3. The molecule has 1 saturated heterocycles. The van der Waals surface area contributed by atoms with Gasteiger partial charge in [0.2, 0.25) is 0 Å². The van der Waals surface area contributed by atoms with Gasteiger partial charge in [-0.25, -0.2) is 4.68 Å². The maximum Gasteiger partial charge on any atom is 0.122 e. The molecule has 4 nitrogen and oxygen atoms in total. The van der Waals surface area contributed by atoms with Crippen molar-refractivity contribution < 1.29 is 0 Å². The maximum absolute atomic E-state index is 6.00. The lowest BCUT2D eigenvalue weighted by Crippen LogP contribution is -2.31. The second-order valence-electron chi connectivity index (χ2n) is 5.37. The van der Waals surface area contributed by atoms with Crippen molar-refractivity contribution in [1.82, 2.24) is 14.7 Å². The van der Waals surface area contributed by atoms with Gasteiger partial charge >= 0.3 is 0 Å². The number of nitrogens with two attached hydrogens (primary N) is 1. The van der Waals surface area contributed by atoms with Gasteiger partial charge in [-0.1, -0.05) is 0 Å². The van der Waals surface area contributed by atoms with Gasteiger partial charge in [-0.2, -0.15) is 5.10 Å². The molecule has 1 aromatic rings. The predicted octanol–water partition coefficient (Wildman–Crippen LogP) is 2.21. The summed E-state index contributed by atoms with van der Waals surface area (Å²) < 4.78 is 2.03. The number of likely N-dealkylation sites (tertiary alicyclic amines) is 1. The van der Waals surface area contributed by atoms with Gasteiger partial charge in [0.1, 0.15) is 5.82 Å². The Bertz CT molecular complexity index is 369. The Labute approximate surface area is 104 Å². The highest BCUT2D eigenvalue weighted by Crippen LogP contribution is 2.25. The SMILES string of the molecule is Cc1cc(N)n(C2CCCN(C(C)C)CC2)n1. The van der Waals surface area contributed by atoms with Crippen LogP contribution in [-0.2, 0) is 0 Å². The monoisotopic (exact) mass is 236 g/mol. The van der Waals surface area contributed by atoms with Crippen molar-refractivity contribution in [2.45, 2.75) is 52.1 Å². The van der Waals surface area contributed by atoms with Crippen LogP contribution in [0.5, 0.6) is 0 Å². The number of rotatable bonds is 2. The molecular formula is C13H24N4. The number of nitrogen functional groups attached to an aromatic ring is 1. The summed E-state index contributed by atoms with van der Waals surface area (Å²) >= 11 is 0. The highest BCUT2D eigenvalue weighted by Gasteiger charge is 2.21. The minimum absolute atomic E-state index is 0.479. The van der Waals surface area contributed by atoms with Crippen LogP contribution in [0.15, 0.2) is 6.07 Å². The Morgan fingerprint density at radius 1 is 1.35 bits per heavy atom. The Hall–Kier alpha value is -1.03. The van der Waals surface area contributed by atoms with Crippen LogP contribution in [0.1, 0.15) is 44.8 Å². The summed E-state index contributed by atoms with van der Waals surface area (Å²) in [7, 11) is 0. The van der Waals surface area contributed by atoms with Gasteiger partial charge in [-0.05, 0) is 46.6 Å². The molecule has 2 heterocycles. The van der Waals surface area contributed by atoms with E-state index in [0.717, 1.165) is 24.5 Å². The Balaban J connectivity index is 2.06. The average molecular weight is 236 g/mol. The lowest BCUT2D eigenvalue weighted by atomic mass is 10.1. The standard InChI is InChI=1S/C13H24N4/c1-10(2)16-7-4-5-12(6-8-16)17-13(14)9-11(3)15-17/h9-10,12H,4-8,14H2,1-3H3. The fourth-order valence-electron chi connectivity index (χ4n) is 2.69. The molecule has 0 saturated carbocycles. The summed E-state index contributed by atoms with van der Waals surface area (Å²) in [5.41, 5.74) is 7.03. The van der Waals surface area contributed by atoms with Crippen LogP contribution in [0.4, 0.5) is 5.82 Å². The largest absolute Gasteiger partial charge is 0.384 e. The average Bonchev–Trinajstić information content (AvgIpc) is 2.52. The zero-order valence-corrected chi connectivity index (χ0v) is 11.2. The van der Waals surface area contributed by atoms with E-state index in [-0.39, 0.29) is 0 Å². The lowest BCUT2D eigenvalue weighted by Gasteiger charge is -2.24. The topological polar surface area (TPSA) is 47.1 Å². The molecule has 1 unspecified atom stereocenters. The van der Waals surface area contributed by atoms with Gasteiger partial charge in [0, 0.05) is 18.7 Å². The highest BCUT2D eigenvalue weighted by molar-refractivity contribution is 5.30. The minimum Gasteiger partial charge on any atom is -0.384 e. The molecule has 17 heavy (non-hydrogen) atoms. The van der Waals surface area contributed by atoms with Crippen LogP contribution in [0.3, 0.4) is 0 Å². The van der Waals surface area contributed by atoms with E-state index in [0.29, 0.717) is 12.1 Å². The third-order valence-electron chi connectivity index (χ3n) is 3.70. The van der Waals surface area contributed by atoms with Gasteiger partial charge in [0.05, 0.1) is 11.7 Å². The second kappa shape index (κ2) is 5.08. The first-order chi connectivity index (χ1) is 8.08. The van der Waals surface area contributed by atoms with Gasteiger partial charge in [-0.3, -0.25) is 0 Å². The highest BCUT2D eigenvalue weighted by atomic mass is 15.3. The van der Waals surface area contributed by atoms with Crippen molar-refractivity contribution in [2.75, 3.05) is 18.8 Å². The summed E-state index contributed by atoms with van der Waals surface area (Å²) in [6.45, 7) is 8.90. The summed E-state index contributed by atoms with van der Waals surface area (Å²) in [4.78, 5) is 2.55. The van der Waals surface area contributed by atoms with Crippen molar-refractivity contribution in [2.24, 2.45) is 0 Å². The molecule has 0 radical (unpaired) electrons. The molecule has 0 spiro atoms. The second-order valence-corrected chi connectivity index (χ2v) is 5.37. The molecule has 2 N–H and O–H groups in total. The maximum atomic E-state index is 6.00. The van der Waals surface area contributed by atoms with E-state index in [1.54, 1.807) is 0 Å². The fourth-order valence-corrected chi connectivity index (χ4v) is 2.69. The van der Waals surface area contributed by atoms with Crippen molar-refractivity contribution >= 4 is 5.82 Å². The first kappa shape index (κ1) is 12.4. The summed E-state index contributed by atoms with van der Waals surface area (Å²) in [5, 5.41) is 4.52. The molecule has 1 fully saturated rings. The molecule has 0 bridgehead atoms. The predicted molar refractivity (Wildman–Crippen MR) is 71.0 cm³/mol. The molecule has 1 atom stereocenters. The van der Waals surface area contributed by atoms with E-state index in [1.807, 2.05) is 17.7 Å². The lowest BCUT2D eigenvalue weighted by molar-refractivity contribution is 0.227. The van der Waals surface area contributed by atoms with Gasteiger partial charge in [-0.15, -0.1) is 0 Å². The first-order valence-corrected chi connectivity index (χ1v) is 6.63. The molecule has 2 rings (SSSR count). The third kappa shape index (κ3) is 2.80. The van der Waals surface area contributed by atoms with Crippen molar-refractivity contribution in [3.05, 3.63) is 11.8 Å². The first-order valence-electron chi connectivity index (χ1n) is 6.63. The van der Waals surface area contributed by atoms with Crippen LogP contribution in [-0.4, -0.2) is 33.8 Å². The summed E-state index contributed by atoms with van der Waals surface area (Å²) in [6.07, 6.45) is 3.58. The number of aryl methyl sites for hydroxylation is 1. The Morgan fingerprint density at radius 2 is 2.12 bits per heavy atom. The van der Waals surface area contributed by atoms with Crippen LogP contribution in [0.25, 0.3) is 0 Å². The van der Waals surface area contributed by atoms with Crippen molar-refractivity contribution in [3.8, 4) is 0 Å². The third-order valence-corrected chi connectivity index (χ3v) is 3.70. The smallest absolute Gasteiger partial charge is 0.122 e. The Kier molecular flexibility index (Phi) is 3.72. The zero-order valence-electron chi connectivity index (χ0n) is 11.2. The molecule has 0 aliphatic carbocycles. The van der Waals surface area contributed by atoms with Crippen LogP contribution >= 0.6 is 0 Å².